The third-order valence-electron chi connectivity index (χ3n) is 13.8. The maximum absolute atomic E-state index is 15.3. The smallest absolute Gasteiger partial charge is 0.242 e. The lowest BCUT2D eigenvalue weighted by Gasteiger charge is -2.49. The Bertz CT molecular complexity index is 2990. The zero-order valence-electron chi connectivity index (χ0n) is 34.0. The molecule has 2 N–H and O–H groups in total. The fraction of sp³-hybridized carbons (Fsp3) is 0.245. The highest BCUT2D eigenvalue weighted by atomic mass is 35.5. The molecule has 2 aliphatic carbocycles. The Kier molecular flexibility index (Phi) is 8.69. The molecule has 6 aromatic rings. The summed E-state index contributed by atoms with van der Waals surface area (Å²) in [5.74, 6) is -3.64. The first-order valence-corrected chi connectivity index (χ1v) is 21.9. The number of allylic oxidation sites excluding steroid dienone is 3. The number of benzene rings is 4. The lowest BCUT2D eigenvalue weighted by atomic mass is 9.51. The number of fused-ring (bicyclic) bond motifs is 6. The summed E-state index contributed by atoms with van der Waals surface area (Å²) in [5, 5.41) is 20.3. The van der Waals surface area contributed by atoms with E-state index in [1.807, 2.05) is 80.6 Å². The number of halogens is 1. The number of nitrogens with zero attached hydrogens (tertiary/aromatic N) is 4. The van der Waals surface area contributed by atoms with Crippen molar-refractivity contribution < 1.29 is 29.0 Å². The zero-order valence-corrected chi connectivity index (χ0v) is 35.5. The number of thiophene rings is 1. The number of phenolic OH excluding ortho intramolecular Hbond substituents is 1. The van der Waals surface area contributed by atoms with Gasteiger partial charge in [0.05, 0.1) is 40.0 Å². The number of amides is 4. The molecule has 0 bridgehead atoms. The lowest BCUT2D eigenvalue weighted by Crippen LogP contribution is -2.51. The van der Waals surface area contributed by atoms with Crippen molar-refractivity contribution in [2.75, 3.05) is 15.1 Å². The number of anilines is 4. The Balaban J connectivity index is 0.972. The summed E-state index contributed by atoms with van der Waals surface area (Å²) in [6.07, 6.45) is 4.58. The molecule has 310 valence electrons. The molecule has 2 aromatic heterocycles. The molecule has 5 heterocycles. The summed E-state index contributed by atoms with van der Waals surface area (Å²) in [4.78, 5) is 63.1. The number of ether oxygens (including phenoxy) is 1. The Morgan fingerprint density at radius 3 is 2.45 bits per heavy atom. The van der Waals surface area contributed by atoms with Gasteiger partial charge < -0.3 is 15.2 Å². The van der Waals surface area contributed by atoms with Gasteiger partial charge >= 0.3 is 0 Å². The number of aryl methyl sites for hydroxylation is 2. The number of phenols is 1. The SMILES string of the molecule is Cc1c(-c2cc(N3C(=O)C4CC5C(=CCC6C(=O)N(c7ccc(Nc8ccccc8)cc7)C(=O)C65)C(C5=COc6ccc(O)cc6C5)C4(C)C3=O)n(C)n2)sc2ccc(Cl)cc12. The number of aromatic nitrogens is 2. The molecule has 4 amide bonds. The van der Waals surface area contributed by atoms with Crippen LogP contribution in [0.1, 0.15) is 30.9 Å². The third-order valence-corrected chi connectivity index (χ3v) is 15.4. The standard InChI is InChI=1S/C49H40ClN5O6S/c1-25-35-21-28(50)9-18-40(35)62-44(25)38-23-41(53(3)52-38)55-46(58)37-22-36-33(43(49(37,2)48(55)60)27-19-26-20-32(56)14-17-39(26)61-24-27)15-16-34-42(36)47(59)54(45(34)57)31-12-10-30(11-13-31)51-29-7-5-4-6-8-29/h4-15,17-18,20-21,23-24,34,36-37,42-43,51,56H,16,19,22H2,1-3H3. The molecular formula is C49H40ClN5O6S. The van der Waals surface area contributed by atoms with Gasteiger partial charge in [0.25, 0.3) is 0 Å². The second-order valence-corrected chi connectivity index (χ2v) is 18.7. The van der Waals surface area contributed by atoms with Crippen LogP contribution in [-0.2, 0) is 32.6 Å². The van der Waals surface area contributed by atoms with Crippen LogP contribution in [0.3, 0.4) is 0 Å². The highest BCUT2D eigenvalue weighted by Crippen LogP contribution is 2.63. The molecule has 62 heavy (non-hydrogen) atoms. The van der Waals surface area contributed by atoms with Gasteiger partial charge in [0.15, 0.2) is 0 Å². The van der Waals surface area contributed by atoms with Gasteiger partial charge in [-0.3, -0.25) is 28.8 Å². The summed E-state index contributed by atoms with van der Waals surface area (Å²) in [6, 6.07) is 29.5. The molecule has 0 spiro atoms. The molecular weight excluding hydrogens is 822 g/mol. The Labute approximate surface area is 365 Å². The highest BCUT2D eigenvalue weighted by Gasteiger charge is 2.68. The van der Waals surface area contributed by atoms with E-state index in [-0.39, 0.29) is 35.8 Å². The molecule has 0 radical (unpaired) electrons. The minimum absolute atomic E-state index is 0.0836. The topological polar surface area (TPSA) is 134 Å². The first kappa shape index (κ1) is 38.4. The van der Waals surface area contributed by atoms with Gasteiger partial charge in [0.1, 0.15) is 23.0 Å². The van der Waals surface area contributed by atoms with Crippen LogP contribution in [0, 0.1) is 41.9 Å². The molecule has 11 rings (SSSR count). The van der Waals surface area contributed by atoms with Crippen LogP contribution in [-0.4, -0.2) is 38.5 Å². The average Bonchev–Trinajstić information content (AvgIpc) is 3.94. The number of carbonyl (C=O) groups is 4. The molecule has 13 heteroatoms. The third kappa shape index (κ3) is 5.65. The second kappa shape index (κ2) is 14.0. The Morgan fingerprint density at radius 2 is 1.66 bits per heavy atom. The number of para-hydroxylation sites is 1. The molecule has 2 saturated heterocycles. The molecule has 3 fully saturated rings. The number of hydrogen-bond acceptors (Lipinski definition) is 9. The van der Waals surface area contributed by atoms with E-state index in [2.05, 4.69) is 5.32 Å². The van der Waals surface area contributed by atoms with Crippen LogP contribution in [0.2, 0.25) is 5.02 Å². The van der Waals surface area contributed by atoms with Crippen LogP contribution in [0.5, 0.6) is 11.5 Å². The molecule has 3 aliphatic heterocycles. The van der Waals surface area contributed by atoms with E-state index in [1.165, 1.54) is 9.80 Å². The molecule has 6 unspecified atom stereocenters. The Hall–Kier alpha value is -6.50. The fourth-order valence-corrected chi connectivity index (χ4v) is 12.2. The Morgan fingerprint density at radius 1 is 0.887 bits per heavy atom. The number of hydrogen-bond donors (Lipinski definition) is 2. The van der Waals surface area contributed by atoms with Crippen LogP contribution in [0.25, 0.3) is 20.7 Å². The second-order valence-electron chi connectivity index (χ2n) is 17.2. The van der Waals surface area contributed by atoms with Gasteiger partial charge in [0.2, 0.25) is 23.6 Å². The first-order valence-electron chi connectivity index (χ1n) is 20.7. The first-order chi connectivity index (χ1) is 29.9. The summed E-state index contributed by atoms with van der Waals surface area (Å²) in [7, 11) is 1.73. The summed E-state index contributed by atoms with van der Waals surface area (Å²) < 4.78 is 8.82. The van der Waals surface area contributed by atoms with Crippen molar-refractivity contribution in [3.63, 3.8) is 0 Å². The van der Waals surface area contributed by atoms with Crippen molar-refractivity contribution in [2.45, 2.75) is 33.1 Å². The van der Waals surface area contributed by atoms with Crippen molar-refractivity contribution in [1.29, 1.82) is 0 Å². The van der Waals surface area contributed by atoms with Crippen molar-refractivity contribution in [2.24, 2.45) is 42.1 Å². The van der Waals surface area contributed by atoms with Gasteiger partial charge in [-0.15, -0.1) is 11.3 Å². The van der Waals surface area contributed by atoms with Crippen molar-refractivity contribution in [1.82, 2.24) is 9.78 Å². The maximum Gasteiger partial charge on any atom is 0.242 e. The van der Waals surface area contributed by atoms with Crippen LogP contribution >= 0.6 is 22.9 Å². The van der Waals surface area contributed by atoms with E-state index in [1.54, 1.807) is 65.7 Å². The average molecular weight is 862 g/mol. The van der Waals surface area contributed by atoms with E-state index < -0.39 is 35.0 Å². The summed E-state index contributed by atoms with van der Waals surface area (Å²) in [6.45, 7) is 3.88. The van der Waals surface area contributed by atoms with Gasteiger partial charge in [0, 0.05) is 52.1 Å². The quantitative estimate of drug-likeness (QED) is 0.125. The van der Waals surface area contributed by atoms with E-state index in [0.29, 0.717) is 40.8 Å². The fourth-order valence-electron chi connectivity index (χ4n) is 10.9. The molecule has 6 atom stereocenters. The zero-order chi connectivity index (χ0) is 42.8. The van der Waals surface area contributed by atoms with Crippen LogP contribution < -0.4 is 19.9 Å². The molecule has 5 aliphatic rings. The van der Waals surface area contributed by atoms with Gasteiger partial charge in [-0.05, 0) is 122 Å². The van der Waals surface area contributed by atoms with E-state index >= 15 is 9.59 Å². The number of carbonyl (C=O) groups excluding carboxylic acids is 4. The van der Waals surface area contributed by atoms with E-state index in [9.17, 15) is 14.7 Å². The predicted molar refractivity (Wildman–Crippen MR) is 238 cm³/mol. The van der Waals surface area contributed by atoms with Gasteiger partial charge in [-0.2, -0.15) is 5.10 Å². The minimum Gasteiger partial charge on any atom is -0.508 e. The number of imide groups is 2. The van der Waals surface area contributed by atoms with Gasteiger partial charge in [-0.1, -0.05) is 41.4 Å². The largest absolute Gasteiger partial charge is 0.508 e. The monoisotopic (exact) mass is 861 g/mol. The normalized spacial score (nSPS) is 25.3. The van der Waals surface area contributed by atoms with Crippen LogP contribution in [0.4, 0.5) is 22.9 Å². The molecule has 11 nitrogen and oxygen atoms in total. The minimum atomic E-state index is -1.28. The summed E-state index contributed by atoms with van der Waals surface area (Å²) >= 11 is 7.93. The highest BCUT2D eigenvalue weighted by molar-refractivity contribution is 7.22. The predicted octanol–water partition coefficient (Wildman–Crippen LogP) is 9.50. The number of rotatable bonds is 6. The summed E-state index contributed by atoms with van der Waals surface area (Å²) in [5.41, 5.74) is 4.92. The van der Waals surface area contributed by atoms with Gasteiger partial charge in [-0.25, -0.2) is 4.90 Å². The maximum atomic E-state index is 15.3. The van der Waals surface area contributed by atoms with E-state index in [4.69, 9.17) is 21.4 Å². The van der Waals surface area contributed by atoms with E-state index in [0.717, 1.165) is 48.6 Å². The van der Waals surface area contributed by atoms with Crippen molar-refractivity contribution in [3.8, 4) is 22.1 Å². The van der Waals surface area contributed by atoms with Crippen molar-refractivity contribution >= 4 is 79.5 Å². The van der Waals surface area contributed by atoms with Crippen LogP contribution in [0.15, 0.2) is 121 Å². The number of aromatic hydroxyl groups is 1. The molecule has 4 aromatic carbocycles. The lowest BCUT2D eigenvalue weighted by molar-refractivity contribution is -0.132. The number of nitrogens with one attached hydrogen (secondary N) is 1. The van der Waals surface area contributed by atoms with Crippen molar-refractivity contribution in [3.05, 3.63) is 137 Å². The molecule has 1 saturated carbocycles.